The Bertz CT molecular complexity index is 1100. The van der Waals surface area contributed by atoms with Gasteiger partial charge in [0, 0.05) is 30.1 Å². The molecule has 30 heavy (non-hydrogen) atoms. The number of carbonyl (C=O) groups excluding carboxylic acids is 1. The number of halogens is 5. The van der Waals surface area contributed by atoms with Gasteiger partial charge < -0.3 is 14.2 Å². The fourth-order valence-corrected chi connectivity index (χ4v) is 3.30. The van der Waals surface area contributed by atoms with Gasteiger partial charge in [0.2, 0.25) is 5.91 Å². The molecule has 1 aliphatic heterocycles. The van der Waals surface area contributed by atoms with Crippen LogP contribution in [0.5, 0.6) is 5.75 Å². The number of benzene rings is 2. The van der Waals surface area contributed by atoms with E-state index in [9.17, 15) is 22.4 Å². The molecule has 0 spiro atoms. The first-order chi connectivity index (χ1) is 14.2. The third-order valence-corrected chi connectivity index (χ3v) is 4.75. The third kappa shape index (κ3) is 4.23. The molecule has 1 amide bonds. The number of aromatic nitrogens is 2. The second-order valence-electron chi connectivity index (χ2n) is 6.54. The van der Waals surface area contributed by atoms with Crippen molar-refractivity contribution in [3.8, 4) is 17.2 Å². The minimum absolute atomic E-state index is 0.00616. The molecule has 0 bridgehead atoms. The van der Waals surface area contributed by atoms with Crippen LogP contribution in [0.2, 0.25) is 5.02 Å². The van der Waals surface area contributed by atoms with Crippen LogP contribution in [-0.4, -0.2) is 29.0 Å². The molecule has 11 heteroatoms. The van der Waals surface area contributed by atoms with Crippen LogP contribution in [0, 0.1) is 5.82 Å². The summed E-state index contributed by atoms with van der Waals surface area (Å²) >= 11 is 5.78. The number of amides is 1. The van der Waals surface area contributed by atoms with Crippen LogP contribution in [-0.2, 0) is 4.79 Å². The first-order valence-corrected chi connectivity index (χ1v) is 9.02. The van der Waals surface area contributed by atoms with Gasteiger partial charge in [0.05, 0.1) is 5.02 Å². The highest BCUT2D eigenvalue weighted by atomic mass is 35.5. The Kier molecular flexibility index (Phi) is 5.10. The minimum Gasteiger partial charge on any atom is -0.406 e. The molecule has 1 aliphatic rings. The molecule has 1 aromatic heterocycles. The van der Waals surface area contributed by atoms with Crippen molar-refractivity contribution in [1.29, 1.82) is 0 Å². The van der Waals surface area contributed by atoms with Gasteiger partial charge >= 0.3 is 6.36 Å². The van der Waals surface area contributed by atoms with Crippen molar-refractivity contribution in [3.63, 3.8) is 0 Å². The molecule has 0 aliphatic carbocycles. The highest BCUT2D eigenvalue weighted by Gasteiger charge is 2.35. The van der Waals surface area contributed by atoms with Gasteiger partial charge in [-0.2, -0.15) is 4.98 Å². The summed E-state index contributed by atoms with van der Waals surface area (Å²) in [7, 11) is 0. The van der Waals surface area contributed by atoms with Crippen molar-refractivity contribution in [2.75, 3.05) is 11.4 Å². The summed E-state index contributed by atoms with van der Waals surface area (Å²) in [5.41, 5.74) is 0.677. The summed E-state index contributed by atoms with van der Waals surface area (Å²) in [5.74, 6) is -1.43. The molecule has 1 saturated heterocycles. The van der Waals surface area contributed by atoms with Gasteiger partial charge in [-0.1, -0.05) is 22.8 Å². The zero-order valence-electron chi connectivity index (χ0n) is 15.0. The van der Waals surface area contributed by atoms with Crippen LogP contribution < -0.4 is 9.64 Å². The lowest BCUT2D eigenvalue weighted by atomic mass is 10.1. The Morgan fingerprint density at radius 2 is 2.00 bits per heavy atom. The van der Waals surface area contributed by atoms with Crippen LogP contribution in [0.1, 0.15) is 18.2 Å². The molecular weight excluding hydrogens is 430 g/mol. The van der Waals surface area contributed by atoms with Gasteiger partial charge in [0.15, 0.2) is 5.82 Å². The summed E-state index contributed by atoms with van der Waals surface area (Å²) < 4.78 is 59.6. The van der Waals surface area contributed by atoms with Gasteiger partial charge in [0.25, 0.3) is 5.89 Å². The summed E-state index contributed by atoms with van der Waals surface area (Å²) in [4.78, 5) is 18.0. The summed E-state index contributed by atoms with van der Waals surface area (Å²) in [6, 6.07) is 9.08. The average Bonchev–Trinajstić information content (AvgIpc) is 3.30. The largest absolute Gasteiger partial charge is 0.573 e. The van der Waals surface area contributed by atoms with E-state index in [0.29, 0.717) is 5.69 Å². The molecule has 0 N–H and O–H groups in total. The second-order valence-corrected chi connectivity index (χ2v) is 6.94. The van der Waals surface area contributed by atoms with Crippen LogP contribution in [0.4, 0.5) is 23.2 Å². The Labute approximate surface area is 172 Å². The monoisotopic (exact) mass is 441 g/mol. The lowest BCUT2D eigenvalue weighted by Crippen LogP contribution is -2.24. The van der Waals surface area contributed by atoms with Crippen molar-refractivity contribution < 1.29 is 31.6 Å². The lowest BCUT2D eigenvalue weighted by Gasteiger charge is -2.16. The van der Waals surface area contributed by atoms with Crippen LogP contribution in [0.25, 0.3) is 11.5 Å². The predicted molar refractivity (Wildman–Crippen MR) is 97.5 cm³/mol. The standard InChI is InChI=1S/C19H12ClF4N3O3/c20-14-8-12(4-5-15(14)21)27-9-11(7-16(27)28)17-25-18(30-26-17)10-2-1-3-13(6-10)29-19(22,23)24/h1-6,8,11H,7,9H2/t11-/m1/s1. The van der Waals surface area contributed by atoms with Crippen molar-refractivity contribution in [2.45, 2.75) is 18.7 Å². The molecule has 2 heterocycles. The molecule has 6 nitrogen and oxygen atoms in total. The SMILES string of the molecule is O=C1C[C@@H](c2noc(-c3cccc(OC(F)(F)F)c3)n2)CN1c1ccc(F)c(Cl)c1. The summed E-state index contributed by atoms with van der Waals surface area (Å²) in [6.07, 6.45) is -4.74. The molecule has 3 aromatic rings. The Balaban J connectivity index is 1.53. The van der Waals surface area contributed by atoms with E-state index in [1.807, 2.05) is 0 Å². The molecule has 0 saturated carbocycles. The zero-order chi connectivity index (χ0) is 21.5. The maximum atomic E-state index is 13.4. The predicted octanol–water partition coefficient (Wildman–Crippen LogP) is 4.95. The summed E-state index contributed by atoms with van der Waals surface area (Å²) in [6.45, 7) is 0.219. The molecule has 156 valence electrons. The number of anilines is 1. The lowest BCUT2D eigenvalue weighted by molar-refractivity contribution is -0.274. The normalized spacial score (nSPS) is 16.9. The van der Waals surface area contributed by atoms with E-state index in [0.717, 1.165) is 12.1 Å². The van der Waals surface area contributed by atoms with E-state index in [2.05, 4.69) is 14.9 Å². The van der Waals surface area contributed by atoms with Crippen molar-refractivity contribution in [1.82, 2.24) is 10.1 Å². The number of ether oxygens (including phenoxy) is 1. The van der Waals surface area contributed by atoms with E-state index in [4.69, 9.17) is 16.1 Å². The fraction of sp³-hybridized carbons (Fsp3) is 0.211. The summed E-state index contributed by atoms with van der Waals surface area (Å²) in [5, 5.41) is 3.75. The molecular formula is C19H12ClF4N3O3. The smallest absolute Gasteiger partial charge is 0.406 e. The van der Waals surface area contributed by atoms with E-state index in [1.54, 1.807) is 0 Å². The Morgan fingerprint density at radius 3 is 2.73 bits per heavy atom. The maximum absolute atomic E-state index is 13.4. The van der Waals surface area contributed by atoms with Gasteiger partial charge in [-0.3, -0.25) is 4.79 Å². The number of nitrogens with zero attached hydrogens (tertiary/aromatic N) is 3. The minimum atomic E-state index is -4.82. The van der Waals surface area contributed by atoms with Crippen molar-refractivity contribution >= 4 is 23.2 Å². The Morgan fingerprint density at radius 1 is 1.20 bits per heavy atom. The number of carbonyl (C=O) groups is 1. The van der Waals surface area contributed by atoms with Gasteiger partial charge in [-0.15, -0.1) is 13.2 Å². The molecule has 4 rings (SSSR count). The number of hydrogen-bond donors (Lipinski definition) is 0. The van der Waals surface area contributed by atoms with E-state index >= 15 is 0 Å². The third-order valence-electron chi connectivity index (χ3n) is 4.46. The van der Waals surface area contributed by atoms with Crippen molar-refractivity contribution in [2.24, 2.45) is 0 Å². The first-order valence-electron chi connectivity index (χ1n) is 8.65. The van der Waals surface area contributed by atoms with Crippen LogP contribution in [0.3, 0.4) is 0 Å². The van der Waals surface area contributed by atoms with E-state index in [1.165, 1.54) is 35.2 Å². The van der Waals surface area contributed by atoms with Crippen LogP contribution in [0.15, 0.2) is 47.0 Å². The topological polar surface area (TPSA) is 68.5 Å². The number of rotatable bonds is 4. The first kappa shape index (κ1) is 20.1. The molecule has 1 fully saturated rings. The van der Waals surface area contributed by atoms with Crippen LogP contribution >= 0.6 is 11.6 Å². The molecule has 0 radical (unpaired) electrons. The fourth-order valence-electron chi connectivity index (χ4n) is 3.13. The van der Waals surface area contributed by atoms with E-state index < -0.39 is 23.8 Å². The Hall–Kier alpha value is -3.14. The quantitative estimate of drug-likeness (QED) is 0.536. The van der Waals surface area contributed by atoms with Gasteiger partial charge in [-0.25, -0.2) is 4.39 Å². The number of hydrogen-bond acceptors (Lipinski definition) is 5. The van der Waals surface area contributed by atoms with E-state index in [-0.39, 0.29) is 41.2 Å². The molecule has 2 aromatic carbocycles. The van der Waals surface area contributed by atoms with Crippen molar-refractivity contribution in [3.05, 3.63) is 59.1 Å². The molecule has 0 unspecified atom stereocenters. The second kappa shape index (κ2) is 7.60. The highest BCUT2D eigenvalue weighted by Crippen LogP contribution is 2.34. The number of alkyl halides is 3. The molecule has 1 atom stereocenters. The maximum Gasteiger partial charge on any atom is 0.573 e. The zero-order valence-corrected chi connectivity index (χ0v) is 15.7. The average molecular weight is 442 g/mol. The highest BCUT2D eigenvalue weighted by molar-refractivity contribution is 6.31. The van der Waals surface area contributed by atoms with Gasteiger partial charge in [0.1, 0.15) is 11.6 Å². The van der Waals surface area contributed by atoms with Gasteiger partial charge in [-0.05, 0) is 36.4 Å².